The molecule has 0 N–H and O–H groups in total. The largest absolute Gasteiger partial charge is 0.492 e. The van der Waals surface area contributed by atoms with Crippen molar-refractivity contribution in [1.29, 1.82) is 0 Å². The van der Waals surface area contributed by atoms with Crippen LogP contribution in [0.25, 0.3) is 0 Å². The monoisotopic (exact) mass is 293 g/mol. The molecule has 1 aromatic carbocycles. The van der Waals surface area contributed by atoms with Crippen LogP contribution in [0.4, 0.5) is 0 Å². The Balaban J connectivity index is 2.93. The van der Waals surface area contributed by atoms with E-state index in [1.54, 1.807) is 0 Å². The normalized spacial score (nSPS) is 12.5. The molecule has 0 saturated carbocycles. The Morgan fingerprint density at radius 1 is 1.10 bits per heavy atom. The fourth-order valence-electron chi connectivity index (χ4n) is 2.80. The van der Waals surface area contributed by atoms with E-state index >= 15 is 0 Å². The highest BCUT2D eigenvalue weighted by Crippen LogP contribution is 2.38. The molecule has 0 bridgehead atoms. The number of unbranched alkanes of at least 4 members (excludes halogenated alkanes) is 1. The van der Waals surface area contributed by atoms with Gasteiger partial charge in [0.15, 0.2) is 0 Å². The lowest BCUT2D eigenvalue weighted by atomic mass is 9.72. The first kappa shape index (κ1) is 17.3. The van der Waals surface area contributed by atoms with E-state index in [1.165, 1.54) is 5.56 Å². The molecule has 0 aliphatic rings. The minimum Gasteiger partial charge on any atom is -0.492 e. The minimum atomic E-state index is 0.129. The van der Waals surface area contributed by atoms with E-state index in [9.17, 15) is 0 Å². The van der Waals surface area contributed by atoms with Crippen molar-refractivity contribution in [3.05, 3.63) is 23.8 Å². The third-order valence-electron chi connectivity index (χ3n) is 3.45. The van der Waals surface area contributed by atoms with E-state index in [0.29, 0.717) is 5.41 Å². The van der Waals surface area contributed by atoms with Gasteiger partial charge in [0, 0.05) is 0 Å². The second kappa shape index (κ2) is 6.80. The summed E-state index contributed by atoms with van der Waals surface area (Å²) in [6, 6.07) is 6.31. The van der Waals surface area contributed by atoms with Crippen LogP contribution in [-0.2, 0) is 5.41 Å². The molecular formula is C18H29OS. The molecule has 0 unspecified atom stereocenters. The maximum absolute atomic E-state index is 5.84. The lowest BCUT2D eigenvalue weighted by Crippen LogP contribution is -2.24. The van der Waals surface area contributed by atoms with Gasteiger partial charge in [-0.3, -0.25) is 0 Å². The maximum atomic E-state index is 5.84. The third-order valence-corrected chi connectivity index (χ3v) is 3.79. The van der Waals surface area contributed by atoms with Crippen molar-refractivity contribution in [2.75, 3.05) is 6.61 Å². The van der Waals surface area contributed by atoms with Crippen LogP contribution in [0.5, 0.6) is 5.75 Å². The van der Waals surface area contributed by atoms with Crippen LogP contribution in [0.3, 0.4) is 0 Å². The van der Waals surface area contributed by atoms with Crippen molar-refractivity contribution >= 4 is 12.6 Å². The highest BCUT2D eigenvalue weighted by Gasteiger charge is 2.27. The lowest BCUT2D eigenvalue weighted by molar-refractivity contribution is 0.279. The molecule has 2 heteroatoms. The highest BCUT2D eigenvalue weighted by molar-refractivity contribution is 7.80. The van der Waals surface area contributed by atoms with Gasteiger partial charge in [-0.15, -0.1) is 0 Å². The van der Waals surface area contributed by atoms with Gasteiger partial charge in [-0.05, 0) is 41.4 Å². The first-order chi connectivity index (χ1) is 9.15. The molecule has 0 amide bonds. The summed E-state index contributed by atoms with van der Waals surface area (Å²) in [5, 5.41) is 0. The molecule has 1 radical (unpaired) electrons. The number of rotatable bonds is 6. The van der Waals surface area contributed by atoms with Gasteiger partial charge in [-0.2, -0.15) is 0 Å². The molecule has 0 atom stereocenters. The van der Waals surface area contributed by atoms with Crippen molar-refractivity contribution in [3.63, 3.8) is 0 Å². The van der Waals surface area contributed by atoms with Crippen LogP contribution in [-0.4, -0.2) is 6.61 Å². The summed E-state index contributed by atoms with van der Waals surface area (Å²) in [7, 11) is 0. The zero-order chi connectivity index (χ0) is 15.4. The molecule has 0 aromatic heterocycles. The lowest BCUT2D eigenvalue weighted by Gasteiger charge is -2.33. The second-order valence-corrected chi connectivity index (χ2v) is 7.92. The number of hydrogen-bond donors (Lipinski definition) is 0. The van der Waals surface area contributed by atoms with Crippen LogP contribution in [0, 0.1) is 5.41 Å². The number of ether oxygens (including phenoxy) is 1. The molecule has 0 spiro atoms. The molecule has 0 aliphatic carbocycles. The third kappa shape index (κ3) is 5.32. The fraction of sp³-hybridized carbons (Fsp3) is 0.667. The van der Waals surface area contributed by atoms with Crippen LogP contribution >= 0.6 is 12.6 Å². The van der Waals surface area contributed by atoms with Crippen LogP contribution in [0.2, 0.25) is 0 Å². The Morgan fingerprint density at radius 3 is 2.30 bits per heavy atom. The van der Waals surface area contributed by atoms with E-state index in [0.717, 1.165) is 36.5 Å². The fourth-order valence-corrected chi connectivity index (χ4v) is 2.98. The number of hydrogen-bond acceptors (Lipinski definition) is 1. The van der Waals surface area contributed by atoms with Crippen molar-refractivity contribution in [2.45, 2.75) is 71.1 Å². The van der Waals surface area contributed by atoms with Gasteiger partial charge in [0.1, 0.15) is 5.75 Å². The van der Waals surface area contributed by atoms with E-state index in [1.807, 2.05) is 6.07 Å². The molecule has 0 heterocycles. The minimum absolute atomic E-state index is 0.129. The van der Waals surface area contributed by atoms with Crippen molar-refractivity contribution in [1.82, 2.24) is 0 Å². The van der Waals surface area contributed by atoms with E-state index in [2.05, 4.69) is 53.7 Å². The van der Waals surface area contributed by atoms with Gasteiger partial charge in [0.05, 0.1) is 11.5 Å². The van der Waals surface area contributed by atoms with Crippen LogP contribution in [0.1, 0.15) is 66.4 Å². The molecule has 1 aromatic rings. The van der Waals surface area contributed by atoms with Crippen LogP contribution in [0.15, 0.2) is 23.1 Å². The highest BCUT2D eigenvalue weighted by atomic mass is 32.1. The maximum Gasteiger partial charge on any atom is 0.137 e. The van der Waals surface area contributed by atoms with Gasteiger partial charge in [0.25, 0.3) is 0 Å². The molecule has 0 fully saturated rings. The van der Waals surface area contributed by atoms with E-state index < -0.39 is 0 Å². The van der Waals surface area contributed by atoms with Crippen LogP contribution < -0.4 is 4.74 Å². The average Bonchev–Trinajstić information content (AvgIpc) is 2.28. The Kier molecular flexibility index (Phi) is 5.88. The molecule has 0 aliphatic heterocycles. The summed E-state index contributed by atoms with van der Waals surface area (Å²) in [6.45, 7) is 14.4. The van der Waals surface area contributed by atoms with Gasteiger partial charge < -0.3 is 4.74 Å². The first-order valence-corrected chi connectivity index (χ1v) is 8.01. The Morgan fingerprint density at radius 2 is 1.75 bits per heavy atom. The summed E-state index contributed by atoms with van der Waals surface area (Å²) in [5.74, 6) is 0.868. The zero-order valence-electron chi connectivity index (χ0n) is 13.9. The smallest absolute Gasteiger partial charge is 0.137 e. The molecule has 1 nitrogen and oxygen atoms in total. The summed E-state index contributed by atoms with van der Waals surface area (Å²) in [5.41, 5.74) is 1.75. The standard InChI is InChI=1S/C18H29OS/c1-7-8-11-19-15-12-14(9-10-16(15)20)18(5,6)13-17(2,3)4/h9-10,12H,7-8,11,13H2,1-6H3. The Hall–Kier alpha value is -0.760. The van der Waals surface area contributed by atoms with E-state index in [4.69, 9.17) is 17.4 Å². The zero-order valence-corrected chi connectivity index (χ0v) is 14.7. The summed E-state index contributed by atoms with van der Waals surface area (Å²) < 4.78 is 5.84. The molecule has 0 saturated heterocycles. The molecule has 113 valence electrons. The SMILES string of the molecule is CCCCOc1cc(C(C)(C)CC(C)(C)C)ccc1[S]. The number of benzene rings is 1. The Labute approximate surface area is 130 Å². The quantitative estimate of drug-likeness (QED) is 0.573. The second-order valence-electron chi connectivity index (χ2n) is 7.48. The van der Waals surface area contributed by atoms with Gasteiger partial charge >= 0.3 is 0 Å². The molecule has 20 heavy (non-hydrogen) atoms. The average molecular weight is 293 g/mol. The van der Waals surface area contributed by atoms with Crippen molar-refractivity contribution in [3.8, 4) is 5.75 Å². The van der Waals surface area contributed by atoms with Gasteiger partial charge in [-0.1, -0.05) is 66.7 Å². The summed E-state index contributed by atoms with van der Waals surface area (Å²) in [6.07, 6.45) is 3.34. The summed E-state index contributed by atoms with van der Waals surface area (Å²) >= 11 is 5.37. The first-order valence-electron chi connectivity index (χ1n) is 7.60. The van der Waals surface area contributed by atoms with Crippen molar-refractivity contribution in [2.24, 2.45) is 5.41 Å². The van der Waals surface area contributed by atoms with E-state index in [-0.39, 0.29) is 5.41 Å². The van der Waals surface area contributed by atoms with Crippen molar-refractivity contribution < 1.29 is 4.74 Å². The predicted molar refractivity (Wildman–Crippen MR) is 89.8 cm³/mol. The Bertz CT molecular complexity index is 430. The molecule has 1 rings (SSSR count). The van der Waals surface area contributed by atoms with Gasteiger partial charge in [0.2, 0.25) is 0 Å². The predicted octanol–water partition coefficient (Wildman–Crippen LogP) is 6.14. The summed E-state index contributed by atoms with van der Waals surface area (Å²) in [4.78, 5) is 0.816. The van der Waals surface area contributed by atoms with Gasteiger partial charge in [-0.25, -0.2) is 0 Å². The topological polar surface area (TPSA) is 9.23 Å². The molecular weight excluding hydrogens is 264 g/mol.